The van der Waals surface area contributed by atoms with Gasteiger partial charge >= 0.3 is 6.03 Å². The standard InChI is InChI=1S/C21H25N3O/c25-21(22-19-8-2-1-3-9-19)24-14-12-23(13-15-24)20-11-10-17-6-4-5-7-18(17)16-20/h1-9,20H,10-16H2,(H,22,25). The molecule has 4 nitrogen and oxygen atoms in total. The molecule has 2 aliphatic rings. The van der Waals surface area contributed by atoms with Crippen molar-refractivity contribution in [3.63, 3.8) is 0 Å². The number of piperazine rings is 1. The van der Waals surface area contributed by atoms with Gasteiger partial charge in [-0.25, -0.2) is 4.79 Å². The molecule has 2 amide bonds. The Labute approximate surface area is 149 Å². The summed E-state index contributed by atoms with van der Waals surface area (Å²) in [6.07, 6.45) is 3.55. The average Bonchev–Trinajstić information content (AvgIpc) is 2.68. The van der Waals surface area contributed by atoms with Crippen LogP contribution < -0.4 is 5.32 Å². The van der Waals surface area contributed by atoms with Crippen molar-refractivity contribution < 1.29 is 4.79 Å². The first kappa shape index (κ1) is 16.2. The Morgan fingerprint density at radius 2 is 1.56 bits per heavy atom. The summed E-state index contributed by atoms with van der Waals surface area (Å²) in [5, 5.41) is 2.99. The number of aryl methyl sites for hydroxylation is 1. The normalized spacial score (nSPS) is 20.8. The molecule has 1 atom stereocenters. The Morgan fingerprint density at radius 3 is 2.32 bits per heavy atom. The molecule has 1 N–H and O–H groups in total. The first-order valence-electron chi connectivity index (χ1n) is 9.21. The molecule has 130 valence electrons. The highest BCUT2D eigenvalue weighted by atomic mass is 16.2. The third-order valence-electron chi connectivity index (χ3n) is 5.46. The van der Waals surface area contributed by atoms with E-state index in [1.165, 1.54) is 24.0 Å². The van der Waals surface area contributed by atoms with Crippen molar-refractivity contribution in [1.29, 1.82) is 0 Å². The number of carbonyl (C=O) groups excluding carboxylic acids is 1. The maximum Gasteiger partial charge on any atom is 0.321 e. The second-order valence-corrected chi connectivity index (χ2v) is 6.98. The van der Waals surface area contributed by atoms with Gasteiger partial charge in [0, 0.05) is 37.9 Å². The molecule has 0 spiro atoms. The van der Waals surface area contributed by atoms with Crippen LogP contribution in [-0.4, -0.2) is 48.1 Å². The smallest absolute Gasteiger partial charge is 0.321 e. The van der Waals surface area contributed by atoms with E-state index >= 15 is 0 Å². The Kier molecular flexibility index (Phi) is 4.70. The molecule has 1 fully saturated rings. The van der Waals surface area contributed by atoms with Crippen molar-refractivity contribution in [2.24, 2.45) is 0 Å². The van der Waals surface area contributed by atoms with Crippen LogP contribution in [0.3, 0.4) is 0 Å². The number of para-hydroxylation sites is 1. The number of urea groups is 1. The molecule has 1 heterocycles. The van der Waals surface area contributed by atoms with Crippen LogP contribution in [0.5, 0.6) is 0 Å². The summed E-state index contributed by atoms with van der Waals surface area (Å²) in [7, 11) is 0. The Balaban J connectivity index is 1.31. The van der Waals surface area contributed by atoms with E-state index in [0.29, 0.717) is 6.04 Å². The molecule has 2 aromatic carbocycles. The molecule has 0 aromatic heterocycles. The highest BCUT2D eigenvalue weighted by Crippen LogP contribution is 2.25. The monoisotopic (exact) mass is 335 g/mol. The quantitative estimate of drug-likeness (QED) is 0.913. The lowest BCUT2D eigenvalue weighted by Gasteiger charge is -2.41. The summed E-state index contributed by atoms with van der Waals surface area (Å²) in [6, 6.07) is 19.1. The third-order valence-corrected chi connectivity index (χ3v) is 5.46. The highest BCUT2D eigenvalue weighted by molar-refractivity contribution is 5.89. The van der Waals surface area contributed by atoms with Crippen LogP contribution in [-0.2, 0) is 12.8 Å². The number of benzene rings is 2. The first-order chi connectivity index (χ1) is 12.3. The molecule has 0 saturated carbocycles. The van der Waals surface area contributed by atoms with E-state index in [0.717, 1.165) is 38.3 Å². The van der Waals surface area contributed by atoms with Gasteiger partial charge in [0.15, 0.2) is 0 Å². The van der Waals surface area contributed by atoms with E-state index in [4.69, 9.17) is 0 Å². The van der Waals surface area contributed by atoms with Gasteiger partial charge in [-0.1, -0.05) is 42.5 Å². The minimum absolute atomic E-state index is 0.0137. The van der Waals surface area contributed by atoms with Gasteiger partial charge in [-0.3, -0.25) is 4.90 Å². The summed E-state index contributed by atoms with van der Waals surface area (Å²) in [6.45, 7) is 3.54. The van der Waals surface area contributed by atoms with Crippen LogP contribution in [0.2, 0.25) is 0 Å². The molecule has 0 radical (unpaired) electrons. The van der Waals surface area contributed by atoms with Crippen molar-refractivity contribution >= 4 is 11.7 Å². The lowest BCUT2D eigenvalue weighted by molar-refractivity contribution is 0.106. The van der Waals surface area contributed by atoms with E-state index in [9.17, 15) is 4.79 Å². The average molecular weight is 335 g/mol. The largest absolute Gasteiger partial charge is 0.322 e. The molecule has 1 aliphatic carbocycles. The van der Waals surface area contributed by atoms with E-state index in [2.05, 4.69) is 34.5 Å². The van der Waals surface area contributed by atoms with E-state index in [1.807, 2.05) is 35.2 Å². The summed E-state index contributed by atoms with van der Waals surface area (Å²) < 4.78 is 0. The zero-order chi connectivity index (χ0) is 17.1. The van der Waals surface area contributed by atoms with Crippen molar-refractivity contribution in [3.8, 4) is 0 Å². The zero-order valence-electron chi connectivity index (χ0n) is 14.5. The molecule has 2 aromatic rings. The Bertz CT molecular complexity index is 723. The van der Waals surface area contributed by atoms with E-state index < -0.39 is 0 Å². The summed E-state index contributed by atoms with van der Waals surface area (Å²) in [5.74, 6) is 0. The molecular weight excluding hydrogens is 310 g/mol. The molecular formula is C21H25N3O. The third kappa shape index (κ3) is 3.69. The highest BCUT2D eigenvalue weighted by Gasteiger charge is 2.28. The second kappa shape index (κ2) is 7.28. The van der Waals surface area contributed by atoms with Gasteiger partial charge < -0.3 is 10.2 Å². The lowest BCUT2D eigenvalue weighted by Crippen LogP contribution is -2.53. The van der Waals surface area contributed by atoms with Gasteiger partial charge in [0.05, 0.1) is 0 Å². The number of amides is 2. The zero-order valence-corrected chi connectivity index (χ0v) is 14.5. The number of nitrogens with zero attached hydrogens (tertiary/aromatic N) is 2. The fourth-order valence-corrected chi connectivity index (χ4v) is 4.00. The molecule has 4 heteroatoms. The van der Waals surface area contributed by atoms with Crippen molar-refractivity contribution in [3.05, 3.63) is 65.7 Å². The van der Waals surface area contributed by atoms with E-state index in [1.54, 1.807) is 0 Å². The van der Waals surface area contributed by atoms with E-state index in [-0.39, 0.29) is 6.03 Å². The van der Waals surface area contributed by atoms with Crippen LogP contribution in [0.1, 0.15) is 17.5 Å². The number of anilines is 1. The van der Waals surface area contributed by atoms with Crippen LogP contribution in [0.15, 0.2) is 54.6 Å². The molecule has 1 aliphatic heterocycles. The molecule has 25 heavy (non-hydrogen) atoms. The summed E-state index contributed by atoms with van der Waals surface area (Å²) in [5.41, 5.74) is 3.88. The second-order valence-electron chi connectivity index (χ2n) is 6.98. The number of rotatable bonds is 2. The number of fused-ring (bicyclic) bond motifs is 1. The van der Waals surface area contributed by atoms with Crippen LogP contribution >= 0.6 is 0 Å². The molecule has 1 unspecified atom stereocenters. The molecule has 4 rings (SSSR count). The van der Waals surface area contributed by atoms with Crippen molar-refractivity contribution in [2.75, 3.05) is 31.5 Å². The fourth-order valence-electron chi connectivity index (χ4n) is 4.00. The topological polar surface area (TPSA) is 35.6 Å². The Hall–Kier alpha value is -2.33. The van der Waals surface area contributed by atoms with Crippen LogP contribution in [0.25, 0.3) is 0 Å². The van der Waals surface area contributed by atoms with Gasteiger partial charge in [0.25, 0.3) is 0 Å². The predicted molar refractivity (Wildman–Crippen MR) is 101 cm³/mol. The van der Waals surface area contributed by atoms with Gasteiger partial charge in [0.1, 0.15) is 0 Å². The van der Waals surface area contributed by atoms with Crippen molar-refractivity contribution in [2.45, 2.75) is 25.3 Å². The number of hydrogen-bond donors (Lipinski definition) is 1. The van der Waals surface area contributed by atoms with Crippen molar-refractivity contribution in [1.82, 2.24) is 9.80 Å². The van der Waals surface area contributed by atoms with Gasteiger partial charge in [-0.15, -0.1) is 0 Å². The van der Waals surface area contributed by atoms with Crippen LogP contribution in [0, 0.1) is 0 Å². The lowest BCUT2D eigenvalue weighted by atomic mass is 9.87. The SMILES string of the molecule is O=C(Nc1ccccc1)N1CCN(C2CCc3ccccc3C2)CC1. The first-order valence-corrected chi connectivity index (χ1v) is 9.21. The molecule has 0 bridgehead atoms. The summed E-state index contributed by atoms with van der Waals surface area (Å²) >= 11 is 0. The van der Waals surface area contributed by atoms with Crippen LogP contribution in [0.4, 0.5) is 10.5 Å². The minimum Gasteiger partial charge on any atom is -0.322 e. The van der Waals surface area contributed by atoms with Gasteiger partial charge in [0.2, 0.25) is 0 Å². The number of hydrogen-bond acceptors (Lipinski definition) is 2. The Morgan fingerprint density at radius 1 is 0.880 bits per heavy atom. The molecule has 1 saturated heterocycles. The fraction of sp³-hybridized carbons (Fsp3) is 0.381. The van der Waals surface area contributed by atoms with Gasteiger partial charge in [-0.05, 0) is 42.5 Å². The number of nitrogens with one attached hydrogen (secondary N) is 1. The minimum atomic E-state index is 0.0137. The maximum atomic E-state index is 12.4. The summed E-state index contributed by atoms with van der Waals surface area (Å²) in [4.78, 5) is 16.9. The predicted octanol–water partition coefficient (Wildman–Crippen LogP) is 3.39. The maximum absolute atomic E-state index is 12.4. The number of carbonyl (C=O) groups is 1. The van der Waals surface area contributed by atoms with Gasteiger partial charge in [-0.2, -0.15) is 0 Å².